The molecular formula is H6AlCuInSe2. The average Bonchev–Trinajstić information content (AvgIpc) is 0. The van der Waals surface area contributed by atoms with E-state index in [0.29, 0.717) is 0 Å². The van der Waals surface area contributed by atoms with Crippen LogP contribution in [0.3, 0.4) is 0 Å². The predicted molar refractivity (Wildman–Crippen MR) is 31.4 cm³/mol. The second-order valence-corrected chi connectivity index (χ2v) is 0. The SMILES string of the molecule is [AlH3].[Cu].[InH3].[Se].[Se]. The summed E-state index contributed by atoms with van der Waals surface area (Å²) in [6.45, 7) is 0. The van der Waals surface area contributed by atoms with Crippen LogP contribution in [0.15, 0.2) is 0 Å². The van der Waals surface area contributed by atoms with Gasteiger partial charge in [-0.2, -0.15) is 0 Å². The summed E-state index contributed by atoms with van der Waals surface area (Å²) in [5, 5.41) is 0. The topological polar surface area (TPSA) is 0 Å². The van der Waals surface area contributed by atoms with Crippen LogP contribution < -0.4 is 0 Å². The molecule has 0 aliphatic carbocycles. The van der Waals surface area contributed by atoms with Crippen molar-refractivity contribution >= 4 is 77.3 Å². The summed E-state index contributed by atoms with van der Waals surface area (Å²) in [6, 6.07) is 0. The fraction of sp³-hybridized carbons (Fsp3) is 0. The van der Waals surface area contributed by atoms with Gasteiger partial charge in [0.15, 0.2) is 17.4 Å². The second kappa shape index (κ2) is 28.2. The van der Waals surface area contributed by atoms with E-state index in [-0.39, 0.29) is 94.4 Å². The van der Waals surface area contributed by atoms with E-state index in [0.717, 1.165) is 0 Å². The monoisotopic (exact) mass is 371 g/mol. The van der Waals surface area contributed by atoms with E-state index in [4.69, 9.17) is 0 Å². The van der Waals surface area contributed by atoms with Crippen molar-refractivity contribution in [3.05, 3.63) is 0 Å². The summed E-state index contributed by atoms with van der Waals surface area (Å²) in [5.41, 5.74) is 0. The Hall–Kier alpha value is 2.96. The summed E-state index contributed by atoms with van der Waals surface area (Å²) in [5.74, 6) is 0. The van der Waals surface area contributed by atoms with Crippen LogP contribution in [0.4, 0.5) is 0 Å². The number of hydrogen-bond donors (Lipinski definition) is 0. The molecule has 0 atom stereocenters. The van der Waals surface area contributed by atoms with Crippen LogP contribution in [0.1, 0.15) is 0 Å². The van der Waals surface area contributed by atoms with Crippen molar-refractivity contribution in [2.45, 2.75) is 0 Å². The Bertz CT molecular complexity index is 9.61. The van der Waals surface area contributed by atoms with Gasteiger partial charge < -0.3 is 0 Å². The van der Waals surface area contributed by atoms with Gasteiger partial charge in [0.1, 0.15) is 0 Å². The zero-order chi connectivity index (χ0) is 0. The Morgan fingerprint density at radius 3 is 0.800 bits per heavy atom. The van der Waals surface area contributed by atoms with E-state index in [1.807, 2.05) is 0 Å². The number of hydrogen-bond acceptors (Lipinski definition) is 0. The molecule has 0 unspecified atom stereocenters. The maximum Gasteiger partial charge on any atom is 0 e. The normalized spacial score (nSPS) is 0. The zero-order valence-electron chi connectivity index (χ0n) is 1.12. The van der Waals surface area contributed by atoms with Gasteiger partial charge in [0.05, 0.1) is 0 Å². The van der Waals surface area contributed by atoms with Gasteiger partial charge in [-0.1, -0.05) is 0 Å². The van der Waals surface area contributed by atoms with Crippen LogP contribution >= 0.6 is 0 Å². The van der Waals surface area contributed by atoms with Crippen LogP contribution in [0, 0.1) is 0 Å². The molecule has 35 valence electrons. The summed E-state index contributed by atoms with van der Waals surface area (Å²) >= 11 is 0. The van der Waals surface area contributed by atoms with Crippen LogP contribution in [-0.2, 0) is 17.1 Å². The summed E-state index contributed by atoms with van der Waals surface area (Å²) in [7, 11) is 0. The molecule has 0 amide bonds. The zero-order valence-corrected chi connectivity index (χ0v) is 5.49. The molecule has 5 heteroatoms. The molecule has 0 aromatic heterocycles. The Morgan fingerprint density at radius 1 is 0.800 bits per heavy atom. The standard InChI is InChI=1S/Al.Cu.In.2Se.6H. The van der Waals surface area contributed by atoms with Gasteiger partial charge in [0.2, 0.25) is 0 Å². The molecule has 5 heavy (non-hydrogen) atoms. The molecule has 0 aromatic carbocycles. The molecule has 0 aliphatic heterocycles. The van der Waals surface area contributed by atoms with Crippen molar-refractivity contribution in [2.24, 2.45) is 0 Å². The summed E-state index contributed by atoms with van der Waals surface area (Å²) in [6.07, 6.45) is 0. The van der Waals surface area contributed by atoms with Crippen molar-refractivity contribution in [3.63, 3.8) is 0 Å². The first-order valence-corrected chi connectivity index (χ1v) is 0. The Labute approximate surface area is 92.9 Å². The Morgan fingerprint density at radius 2 is 0.800 bits per heavy atom. The Kier molecular flexibility index (Phi) is 248. The number of rotatable bonds is 0. The van der Waals surface area contributed by atoms with Crippen molar-refractivity contribution < 1.29 is 17.1 Å². The molecule has 0 fully saturated rings. The molecule has 0 heterocycles. The van der Waals surface area contributed by atoms with E-state index in [1.165, 1.54) is 0 Å². The molecule has 0 saturated heterocycles. The summed E-state index contributed by atoms with van der Waals surface area (Å²) < 4.78 is 0. The Balaban J connectivity index is 0. The van der Waals surface area contributed by atoms with Crippen LogP contribution in [0.25, 0.3) is 0 Å². The third kappa shape index (κ3) is 19.5. The van der Waals surface area contributed by atoms with E-state index >= 15 is 0 Å². The first kappa shape index (κ1) is 44.0. The summed E-state index contributed by atoms with van der Waals surface area (Å²) in [4.78, 5) is 0. The van der Waals surface area contributed by atoms with E-state index in [9.17, 15) is 0 Å². The molecule has 0 spiro atoms. The maximum absolute atomic E-state index is 0. The third-order valence-electron chi connectivity index (χ3n) is 0. The van der Waals surface area contributed by atoms with Gasteiger partial charge in [-0.15, -0.1) is 0 Å². The van der Waals surface area contributed by atoms with Crippen LogP contribution in [0.2, 0.25) is 0 Å². The minimum atomic E-state index is 0. The van der Waals surface area contributed by atoms with Crippen molar-refractivity contribution in [3.8, 4) is 0 Å². The minimum absolute atomic E-state index is 0. The van der Waals surface area contributed by atoms with Gasteiger partial charge in [-0.25, -0.2) is 0 Å². The first-order valence-electron chi connectivity index (χ1n) is 0. The van der Waals surface area contributed by atoms with E-state index in [1.54, 1.807) is 0 Å². The van der Waals surface area contributed by atoms with E-state index < -0.39 is 0 Å². The molecule has 0 aromatic rings. The quantitative estimate of drug-likeness (QED) is 0.396. The molecule has 0 rings (SSSR count). The van der Waals surface area contributed by atoms with Crippen molar-refractivity contribution in [1.82, 2.24) is 0 Å². The minimum Gasteiger partial charge on any atom is 0 e. The maximum atomic E-state index is 0. The van der Waals surface area contributed by atoms with Crippen LogP contribution in [-0.4, -0.2) is 77.3 Å². The van der Waals surface area contributed by atoms with Gasteiger partial charge in [-0.3, -0.25) is 0 Å². The molecule has 0 bridgehead atoms. The average molecular weight is 369 g/mol. The van der Waals surface area contributed by atoms with E-state index in [2.05, 4.69) is 0 Å². The largest absolute Gasteiger partial charge is 0 e. The molecule has 0 nitrogen and oxygen atoms in total. The van der Waals surface area contributed by atoms with Gasteiger partial charge >= 0.3 is 25.8 Å². The predicted octanol–water partition coefficient (Wildman–Crippen LogP) is -3.13. The molecule has 0 aliphatic rings. The van der Waals surface area contributed by atoms with Crippen LogP contribution in [0.5, 0.6) is 0 Å². The van der Waals surface area contributed by atoms with Crippen molar-refractivity contribution in [2.75, 3.05) is 0 Å². The smallest absolute Gasteiger partial charge is 0 e. The molecule has 0 saturated carbocycles. The molecule has 5 radical (unpaired) electrons. The fourth-order valence-corrected chi connectivity index (χ4v) is 0. The molecular weight excluding hydrogens is 363 g/mol. The van der Waals surface area contributed by atoms with Gasteiger partial charge in [-0.05, 0) is 0 Å². The fourth-order valence-electron chi connectivity index (χ4n) is 0. The van der Waals surface area contributed by atoms with Crippen molar-refractivity contribution in [1.29, 1.82) is 0 Å². The molecule has 0 N–H and O–H groups in total. The third-order valence-corrected chi connectivity index (χ3v) is 0. The van der Waals surface area contributed by atoms with Gasteiger partial charge in [0, 0.05) is 51.2 Å². The second-order valence-electron chi connectivity index (χ2n) is 0. The van der Waals surface area contributed by atoms with Gasteiger partial charge in [0.25, 0.3) is 0 Å². The first-order chi connectivity index (χ1) is 0.